The van der Waals surface area contributed by atoms with Crippen molar-refractivity contribution in [1.29, 1.82) is 0 Å². The van der Waals surface area contributed by atoms with Crippen LogP contribution in [0.15, 0.2) is 132 Å². The fourth-order valence-electron chi connectivity index (χ4n) is 6.18. The summed E-state index contributed by atoms with van der Waals surface area (Å²) in [4.78, 5) is 0. The Kier molecular flexibility index (Phi) is 13.3. The topological polar surface area (TPSA) is 98.6 Å². The minimum Gasteiger partial charge on any atom is -0.491 e. The lowest BCUT2D eigenvalue weighted by Crippen LogP contribution is -2.14. The van der Waals surface area contributed by atoms with Crippen LogP contribution in [0.5, 0.6) is 23.0 Å². The van der Waals surface area contributed by atoms with E-state index in [9.17, 15) is 0 Å². The van der Waals surface area contributed by atoms with Gasteiger partial charge >= 0.3 is 0 Å². The maximum atomic E-state index is 6.44. The van der Waals surface area contributed by atoms with E-state index in [2.05, 4.69) is 58.8 Å². The Labute approximate surface area is 315 Å². The molecule has 278 valence electrons. The summed E-state index contributed by atoms with van der Waals surface area (Å²) in [5, 5.41) is 13.3. The normalized spacial score (nSPS) is 15.9. The first-order chi connectivity index (χ1) is 26.8. The SMILES string of the molecule is c1ccc2c(c1)N=Nc1ccccc1OCCOCCOCCOc1ccc3ccccc3c1-c1c(ccc3ccccc13)OCCOCCOCCO2. The average molecular weight is 729 g/mol. The molecular formula is C44H44N2O8. The number of fused-ring (bicyclic) bond motifs is 9. The Morgan fingerprint density at radius 3 is 1.06 bits per heavy atom. The highest BCUT2D eigenvalue weighted by Crippen LogP contribution is 2.45. The lowest BCUT2D eigenvalue weighted by atomic mass is 9.92. The molecule has 0 atom stereocenters. The van der Waals surface area contributed by atoms with Gasteiger partial charge in [0.25, 0.3) is 0 Å². The summed E-state index contributed by atoms with van der Waals surface area (Å²) in [5.74, 6) is 2.74. The van der Waals surface area contributed by atoms with Gasteiger partial charge in [0.05, 0.1) is 52.9 Å². The minimum absolute atomic E-state index is 0.352. The van der Waals surface area contributed by atoms with E-state index in [0.29, 0.717) is 102 Å². The number of hydrogen-bond donors (Lipinski definition) is 0. The molecule has 0 fully saturated rings. The van der Waals surface area contributed by atoms with Crippen LogP contribution in [-0.4, -0.2) is 79.3 Å². The second-order valence-corrected chi connectivity index (χ2v) is 12.3. The van der Waals surface area contributed by atoms with Gasteiger partial charge in [-0.2, -0.15) is 0 Å². The van der Waals surface area contributed by atoms with E-state index in [1.807, 2.05) is 72.8 Å². The van der Waals surface area contributed by atoms with Crippen LogP contribution in [0.3, 0.4) is 0 Å². The van der Waals surface area contributed by atoms with Crippen LogP contribution in [0.2, 0.25) is 0 Å². The third kappa shape index (κ3) is 9.71. The Morgan fingerprint density at radius 2 is 0.630 bits per heavy atom. The maximum Gasteiger partial charge on any atom is 0.146 e. The van der Waals surface area contributed by atoms with Crippen molar-refractivity contribution in [3.05, 3.63) is 121 Å². The molecule has 1 heterocycles. The van der Waals surface area contributed by atoms with Crippen molar-refractivity contribution in [2.45, 2.75) is 0 Å². The predicted octanol–water partition coefficient (Wildman–Crippen LogP) is 9.37. The molecule has 0 N–H and O–H groups in total. The molecule has 0 saturated carbocycles. The zero-order chi connectivity index (χ0) is 36.6. The highest BCUT2D eigenvalue weighted by atomic mass is 16.6. The fourth-order valence-corrected chi connectivity index (χ4v) is 6.18. The average Bonchev–Trinajstić information content (AvgIpc) is 3.21. The summed E-state index contributed by atoms with van der Waals surface area (Å²) in [5.41, 5.74) is 3.17. The molecule has 6 aromatic carbocycles. The lowest BCUT2D eigenvalue weighted by Gasteiger charge is -2.20. The van der Waals surface area contributed by atoms with Gasteiger partial charge < -0.3 is 37.9 Å². The number of para-hydroxylation sites is 2. The van der Waals surface area contributed by atoms with Crippen molar-refractivity contribution in [2.75, 3.05) is 79.3 Å². The van der Waals surface area contributed by atoms with Gasteiger partial charge in [-0.15, -0.1) is 10.2 Å². The van der Waals surface area contributed by atoms with E-state index in [4.69, 9.17) is 37.9 Å². The van der Waals surface area contributed by atoms with E-state index in [-0.39, 0.29) is 0 Å². The van der Waals surface area contributed by atoms with Crippen LogP contribution < -0.4 is 18.9 Å². The first kappa shape index (κ1) is 36.8. The summed E-state index contributed by atoms with van der Waals surface area (Å²) in [7, 11) is 0. The fraction of sp³-hybridized carbons (Fsp3) is 0.273. The van der Waals surface area contributed by atoms with Gasteiger partial charge in [-0.25, -0.2) is 0 Å². The molecule has 0 unspecified atom stereocenters. The van der Waals surface area contributed by atoms with E-state index in [0.717, 1.165) is 44.2 Å². The maximum absolute atomic E-state index is 6.44. The lowest BCUT2D eigenvalue weighted by molar-refractivity contribution is 0.0273. The summed E-state index contributed by atoms with van der Waals surface area (Å²) >= 11 is 0. The number of nitrogens with zero attached hydrogens (tertiary/aromatic N) is 2. The zero-order valence-electron chi connectivity index (χ0n) is 30.2. The minimum atomic E-state index is 0.352. The highest BCUT2D eigenvalue weighted by Gasteiger charge is 2.19. The molecule has 6 aromatic rings. The van der Waals surface area contributed by atoms with Crippen LogP contribution in [0, 0.1) is 0 Å². The molecule has 0 aliphatic carbocycles. The van der Waals surface area contributed by atoms with Crippen molar-refractivity contribution in [3.63, 3.8) is 0 Å². The molecule has 1 aliphatic heterocycles. The van der Waals surface area contributed by atoms with Gasteiger partial charge in [0.2, 0.25) is 0 Å². The van der Waals surface area contributed by atoms with Gasteiger partial charge in [0, 0.05) is 11.1 Å². The molecule has 7 rings (SSSR count). The number of hydrogen-bond acceptors (Lipinski definition) is 10. The number of azo groups is 1. The molecular weight excluding hydrogens is 684 g/mol. The third-order valence-electron chi connectivity index (χ3n) is 8.71. The van der Waals surface area contributed by atoms with Crippen molar-refractivity contribution >= 4 is 32.9 Å². The molecule has 10 nitrogen and oxygen atoms in total. The number of benzene rings is 6. The van der Waals surface area contributed by atoms with Gasteiger partial charge in [0.1, 0.15) is 60.8 Å². The van der Waals surface area contributed by atoms with Crippen LogP contribution >= 0.6 is 0 Å². The Hall–Kier alpha value is -5.52. The monoisotopic (exact) mass is 728 g/mol. The Balaban J connectivity index is 1.06. The molecule has 54 heavy (non-hydrogen) atoms. The summed E-state index contributed by atoms with van der Waals surface area (Å²) in [6.07, 6.45) is 0. The zero-order valence-corrected chi connectivity index (χ0v) is 30.2. The molecule has 0 saturated heterocycles. The summed E-state index contributed by atoms with van der Waals surface area (Å²) in [6, 6.07) is 39.9. The van der Waals surface area contributed by atoms with Crippen LogP contribution in [-0.2, 0) is 18.9 Å². The highest BCUT2D eigenvalue weighted by molar-refractivity contribution is 6.09. The van der Waals surface area contributed by atoms with Gasteiger partial charge in [0.15, 0.2) is 0 Å². The van der Waals surface area contributed by atoms with Gasteiger partial charge in [-0.05, 0) is 57.9 Å². The van der Waals surface area contributed by atoms with Crippen LogP contribution in [0.1, 0.15) is 0 Å². The molecule has 0 aromatic heterocycles. The summed E-state index contributed by atoms with van der Waals surface area (Å²) < 4.78 is 48.2. The first-order valence-corrected chi connectivity index (χ1v) is 18.3. The molecule has 0 amide bonds. The Bertz CT molecular complexity index is 1990. The van der Waals surface area contributed by atoms with Crippen LogP contribution in [0.4, 0.5) is 11.4 Å². The number of ether oxygens (including phenoxy) is 8. The van der Waals surface area contributed by atoms with E-state index < -0.39 is 0 Å². The standard InChI is InChI=1S/C44H44N2O8/c1-3-11-35-33(9-1)17-19-41-43(35)44-36-12-4-2-10-34(36)18-20-42(44)54-32-28-50-24-22-48-26-30-52-40-16-8-6-14-38(40)46-45-37-13-5-7-15-39(37)51-29-25-47-21-23-49-27-31-53-41/h1-20H,21-32H2. The second-order valence-electron chi connectivity index (χ2n) is 12.3. The van der Waals surface area contributed by atoms with E-state index >= 15 is 0 Å². The van der Waals surface area contributed by atoms with Gasteiger partial charge in [-0.3, -0.25) is 0 Å². The van der Waals surface area contributed by atoms with Gasteiger partial charge in [-0.1, -0.05) is 84.9 Å². The molecule has 0 spiro atoms. The van der Waals surface area contributed by atoms with Crippen molar-refractivity contribution in [3.8, 4) is 34.1 Å². The molecule has 0 radical (unpaired) electrons. The van der Waals surface area contributed by atoms with E-state index in [1.54, 1.807) is 0 Å². The van der Waals surface area contributed by atoms with Crippen molar-refractivity contribution < 1.29 is 37.9 Å². The molecule has 0 bridgehead atoms. The third-order valence-corrected chi connectivity index (χ3v) is 8.71. The van der Waals surface area contributed by atoms with Crippen molar-refractivity contribution in [1.82, 2.24) is 0 Å². The molecule has 10 heteroatoms. The van der Waals surface area contributed by atoms with E-state index in [1.165, 1.54) is 0 Å². The Morgan fingerprint density at radius 1 is 0.296 bits per heavy atom. The summed E-state index contributed by atoms with van der Waals surface area (Å²) in [6.45, 7) is 4.74. The quantitative estimate of drug-likeness (QED) is 0.153. The largest absolute Gasteiger partial charge is 0.491 e. The smallest absolute Gasteiger partial charge is 0.146 e. The first-order valence-electron chi connectivity index (χ1n) is 18.3. The number of rotatable bonds is 0. The van der Waals surface area contributed by atoms with Crippen LogP contribution in [0.25, 0.3) is 32.7 Å². The van der Waals surface area contributed by atoms with Crippen molar-refractivity contribution in [2.24, 2.45) is 10.2 Å². The second kappa shape index (κ2) is 19.5. The molecule has 1 aliphatic rings. The predicted molar refractivity (Wildman–Crippen MR) is 209 cm³/mol.